The maximum Gasteiger partial charge on any atom is 0.261 e. The fourth-order valence-corrected chi connectivity index (χ4v) is 1.58. The number of benzene rings is 1. The first-order valence-electron chi connectivity index (χ1n) is 5.35. The molecule has 1 N–H and O–H groups in total. The summed E-state index contributed by atoms with van der Waals surface area (Å²) in [4.78, 5) is 11.9. The van der Waals surface area contributed by atoms with Crippen LogP contribution in [0.4, 0.5) is 8.78 Å². The molecule has 0 spiro atoms. The third-order valence-corrected chi connectivity index (χ3v) is 2.58. The van der Waals surface area contributed by atoms with Crippen molar-refractivity contribution in [3.8, 4) is 5.75 Å². The van der Waals surface area contributed by atoms with Gasteiger partial charge in [0, 0.05) is 11.1 Å². The summed E-state index contributed by atoms with van der Waals surface area (Å²) in [6.45, 7) is 3.60. The SMILES string of the molecule is C=Cc1ccc(C(=O)C(NC)C(F)F)cc1OC. The molecule has 0 saturated heterocycles. The molecule has 0 aliphatic heterocycles. The summed E-state index contributed by atoms with van der Waals surface area (Å²) < 4.78 is 30.3. The molecule has 98 valence electrons. The van der Waals surface area contributed by atoms with Crippen molar-refractivity contribution < 1.29 is 18.3 Å². The van der Waals surface area contributed by atoms with Crippen molar-refractivity contribution >= 4 is 11.9 Å². The Labute approximate surface area is 104 Å². The average molecular weight is 255 g/mol. The summed E-state index contributed by atoms with van der Waals surface area (Å²) in [5.41, 5.74) is 0.879. The summed E-state index contributed by atoms with van der Waals surface area (Å²) in [6.07, 6.45) is -1.19. The van der Waals surface area contributed by atoms with Gasteiger partial charge in [-0.05, 0) is 13.1 Å². The van der Waals surface area contributed by atoms with Gasteiger partial charge in [-0.1, -0.05) is 24.8 Å². The van der Waals surface area contributed by atoms with Crippen molar-refractivity contribution in [3.63, 3.8) is 0 Å². The second-order valence-corrected chi connectivity index (χ2v) is 3.63. The van der Waals surface area contributed by atoms with E-state index in [0.717, 1.165) is 0 Å². The number of ether oxygens (including phenoxy) is 1. The molecule has 3 nitrogen and oxygen atoms in total. The molecule has 1 aromatic carbocycles. The Balaban J connectivity index is 3.10. The van der Waals surface area contributed by atoms with Crippen molar-refractivity contribution in [1.82, 2.24) is 5.32 Å². The number of carbonyl (C=O) groups excluding carboxylic acids is 1. The Morgan fingerprint density at radius 3 is 2.61 bits per heavy atom. The maximum absolute atomic E-state index is 12.6. The standard InChI is InChI=1S/C13H15F2NO2/c1-4-8-5-6-9(7-10(8)18-3)12(17)11(16-2)13(14)15/h4-7,11,13,16H,1H2,2-3H3. The van der Waals surface area contributed by atoms with Gasteiger partial charge in [-0.3, -0.25) is 4.79 Å². The fourth-order valence-electron chi connectivity index (χ4n) is 1.58. The van der Waals surface area contributed by atoms with Crippen LogP contribution in [0.5, 0.6) is 5.75 Å². The molecular formula is C13H15F2NO2. The van der Waals surface area contributed by atoms with Crippen LogP contribution in [0.3, 0.4) is 0 Å². The average Bonchev–Trinajstić information content (AvgIpc) is 2.38. The number of nitrogens with one attached hydrogen (secondary N) is 1. The summed E-state index contributed by atoms with van der Waals surface area (Å²) in [7, 11) is 2.77. The number of Topliss-reactive ketones (excluding diaryl/α,β-unsaturated/α-hetero) is 1. The lowest BCUT2D eigenvalue weighted by atomic mass is 10.0. The first-order chi connectivity index (χ1) is 8.54. The van der Waals surface area contributed by atoms with Gasteiger partial charge in [0.15, 0.2) is 5.78 Å². The van der Waals surface area contributed by atoms with Crippen LogP contribution >= 0.6 is 0 Å². The summed E-state index contributed by atoms with van der Waals surface area (Å²) in [5, 5.41) is 2.31. The molecule has 5 heteroatoms. The molecule has 18 heavy (non-hydrogen) atoms. The molecule has 1 rings (SSSR count). The van der Waals surface area contributed by atoms with Crippen LogP contribution in [-0.2, 0) is 0 Å². The Hall–Kier alpha value is -1.75. The van der Waals surface area contributed by atoms with Crippen molar-refractivity contribution in [3.05, 3.63) is 35.9 Å². The lowest BCUT2D eigenvalue weighted by molar-refractivity contribution is 0.0687. The van der Waals surface area contributed by atoms with Gasteiger partial charge in [0.25, 0.3) is 6.43 Å². The number of hydrogen-bond donors (Lipinski definition) is 1. The van der Waals surface area contributed by atoms with Crippen LogP contribution in [0.25, 0.3) is 6.08 Å². The zero-order valence-electron chi connectivity index (χ0n) is 10.2. The topological polar surface area (TPSA) is 38.3 Å². The molecule has 1 aromatic rings. The number of rotatable bonds is 6. The van der Waals surface area contributed by atoms with E-state index in [2.05, 4.69) is 11.9 Å². The zero-order chi connectivity index (χ0) is 13.7. The maximum atomic E-state index is 12.6. The second kappa shape index (κ2) is 6.26. The van der Waals surface area contributed by atoms with Crippen molar-refractivity contribution in [1.29, 1.82) is 0 Å². The number of halogens is 2. The highest BCUT2D eigenvalue weighted by molar-refractivity contribution is 6.01. The highest BCUT2D eigenvalue weighted by atomic mass is 19.3. The number of carbonyl (C=O) groups is 1. The van der Waals surface area contributed by atoms with Crippen molar-refractivity contribution in [2.45, 2.75) is 12.5 Å². The van der Waals surface area contributed by atoms with E-state index in [9.17, 15) is 13.6 Å². The molecule has 1 unspecified atom stereocenters. The van der Waals surface area contributed by atoms with Gasteiger partial charge in [-0.15, -0.1) is 0 Å². The number of methoxy groups -OCH3 is 1. The van der Waals surface area contributed by atoms with Crippen LogP contribution in [0.15, 0.2) is 24.8 Å². The molecular weight excluding hydrogens is 240 g/mol. The highest BCUT2D eigenvalue weighted by Gasteiger charge is 2.27. The quantitative estimate of drug-likeness (QED) is 0.793. The minimum absolute atomic E-state index is 0.178. The summed E-state index contributed by atoms with van der Waals surface area (Å²) in [6, 6.07) is 3.02. The van der Waals surface area contributed by atoms with Gasteiger partial charge in [0.2, 0.25) is 0 Å². The van der Waals surface area contributed by atoms with E-state index >= 15 is 0 Å². The molecule has 0 bridgehead atoms. The second-order valence-electron chi connectivity index (χ2n) is 3.63. The van der Waals surface area contributed by atoms with E-state index in [1.807, 2.05) is 0 Å². The van der Waals surface area contributed by atoms with Crippen LogP contribution < -0.4 is 10.1 Å². The van der Waals surface area contributed by atoms with E-state index in [-0.39, 0.29) is 5.56 Å². The van der Waals surface area contributed by atoms with E-state index in [1.54, 1.807) is 12.1 Å². The van der Waals surface area contributed by atoms with E-state index in [0.29, 0.717) is 11.3 Å². The van der Waals surface area contributed by atoms with Gasteiger partial charge in [-0.25, -0.2) is 8.78 Å². The number of likely N-dealkylation sites (N-methyl/N-ethyl adjacent to an activating group) is 1. The van der Waals surface area contributed by atoms with E-state index in [4.69, 9.17) is 4.74 Å². The molecule has 0 aliphatic rings. The Morgan fingerprint density at radius 1 is 1.50 bits per heavy atom. The fraction of sp³-hybridized carbons (Fsp3) is 0.308. The number of hydrogen-bond acceptors (Lipinski definition) is 3. The first kappa shape index (κ1) is 14.3. The van der Waals surface area contributed by atoms with Gasteiger partial charge in [-0.2, -0.15) is 0 Å². The predicted molar refractivity (Wildman–Crippen MR) is 66.3 cm³/mol. The largest absolute Gasteiger partial charge is 0.496 e. The Morgan fingerprint density at radius 2 is 2.17 bits per heavy atom. The van der Waals surface area contributed by atoms with Gasteiger partial charge < -0.3 is 10.1 Å². The Bertz CT molecular complexity index is 447. The minimum Gasteiger partial charge on any atom is -0.496 e. The lowest BCUT2D eigenvalue weighted by Crippen LogP contribution is -2.40. The minimum atomic E-state index is -2.76. The summed E-state index contributed by atoms with van der Waals surface area (Å²) >= 11 is 0. The smallest absolute Gasteiger partial charge is 0.261 e. The first-order valence-corrected chi connectivity index (χ1v) is 5.35. The van der Waals surface area contributed by atoms with E-state index in [1.165, 1.54) is 26.3 Å². The molecule has 0 aromatic heterocycles. The van der Waals surface area contributed by atoms with E-state index < -0.39 is 18.3 Å². The molecule has 0 fully saturated rings. The third kappa shape index (κ3) is 2.92. The van der Waals surface area contributed by atoms with Gasteiger partial charge in [0.05, 0.1) is 7.11 Å². The van der Waals surface area contributed by atoms with Crippen LogP contribution in [0.2, 0.25) is 0 Å². The van der Waals surface area contributed by atoms with Crippen molar-refractivity contribution in [2.24, 2.45) is 0 Å². The molecule has 0 heterocycles. The monoisotopic (exact) mass is 255 g/mol. The molecule has 0 radical (unpaired) electrons. The van der Waals surface area contributed by atoms with Crippen molar-refractivity contribution in [2.75, 3.05) is 14.2 Å². The molecule has 0 aliphatic carbocycles. The van der Waals surface area contributed by atoms with Gasteiger partial charge >= 0.3 is 0 Å². The molecule has 0 saturated carbocycles. The van der Waals surface area contributed by atoms with Gasteiger partial charge in [0.1, 0.15) is 11.8 Å². The highest BCUT2D eigenvalue weighted by Crippen LogP contribution is 2.22. The Kier molecular flexibility index (Phi) is 4.97. The lowest BCUT2D eigenvalue weighted by Gasteiger charge is -2.14. The third-order valence-electron chi connectivity index (χ3n) is 2.58. The van der Waals surface area contributed by atoms with Crippen LogP contribution in [0, 0.1) is 0 Å². The predicted octanol–water partition coefficient (Wildman–Crippen LogP) is 2.37. The number of ketones is 1. The normalized spacial score (nSPS) is 12.3. The van der Waals surface area contributed by atoms with Crippen LogP contribution in [-0.4, -0.2) is 32.4 Å². The van der Waals surface area contributed by atoms with Crippen LogP contribution in [0.1, 0.15) is 15.9 Å². The zero-order valence-corrected chi connectivity index (χ0v) is 10.2. The summed E-state index contributed by atoms with van der Waals surface area (Å²) in [5.74, 6) is -0.235. The molecule has 1 atom stereocenters. The molecule has 0 amide bonds. The number of alkyl halides is 2.